The summed E-state index contributed by atoms with van der Waals surface area (Å²) in [5, 5.41) is 8.81. The molecule has 0 bridgehead atoms. The first-order valence-corrected chi connectivity index (χ1v) is 21.3. The average Bonchev–Trinajstić information content (AvgIpc) is 3.93. The third-order valence-electron chi connectivity index (χ3n) is 12.3. The van der Waals surface area contributed by atoms with Crippen LogP contribution in [0.3, 0.4) is 0 Å². The number of hydrogen-bond donors (Lipinski definition) is 3. The highest BCUT2D eigenvalue weighted by atomic mass is 16.2. The van der Waals surface area contributed by atoms with E-state index in [1.54, 1.807) is 21.0 Å². The molecule has 0 unspecified atom stereocenters. The number of carbonyl (C=O) groups is 7. The van der Waals surface area contributed by atoms with Crippen molar-refractivity contribution in [3.63, 3.8) is 0 Å². The van der Waals surface area contributed by atoms with Crippen molar-refractivity contribution in [3.05, 3.63) is 71.8 Å². The highest BCUT2D eigenvalue weighted by molar-refractivity contribution is 5.99. The zero-order valence-corrected chi connectivity index (χ0v) is 35.7. The van der Waals surface area contributed by atoms with Gasteiger partial charge in [0.05, 0.1) is 0 Å². The second kappa shape index (κ2) is 20.1. The fourth-order valence-electron chi connectivity index (χ4n) is 8.55. The Kier molecular flexibility index (Phi) is 15.3. The molecule has 0 radical (unpaired) electrons. The number of rotatable bonds is 8. The van der Waals surface area contributed by atoms with E-state index in [1.807, 2.05) is 88.4 Å². The monoisotopic (exact) mass is 813 g/mol. The standard InChI is InChI=1S/C45H63N7O7/c1-8-29(4)38-45(59)50(7)36(25-28(2)3)40(54)47-33(26-31-17-11-9-12-18-31)43(57)51-23-15-21-34(51)39(53)46-30(5)42(56)52-24-16-22-35(52)44(58)49(6)37(41(55)48-38)27-32-19-13-10-14-20-32/h9-14,17-20,28-30,33-38H,8,15-16,21-27H2,1-7H3,(H,46,53)(H,47,54)(H,48,55)/t29-,30-,33-,34-,35-,36-,37-,38-/m0/s1. The lowest BCUT2D eigenvalue weighted by Crippen LogP contribution is -2.61. The number of likely N-dealkylation sites (N-methyl/N-ethyl adjacent to an activating group) is 2. The predicted molar refractivity (Wildman–Crippen MR) is 223 cm³/mol. The summed E-state index contributed by atoms with van der Waals surface area (Å²) in [5.74, 6) is -3.74. The zero-order valence-electron chi connectivity index (χ0n) is 35.7. The van der Waals surface area contributed by atoms with Gasteiger partial charge in [-0.2, -0.15) is 0 Å². The molecule has 3 aliphatic heterocycles. The first-order chi connectivity index (χ1) is 28.1. The summed E-state index contributed by atoms with van der Waals surface area (Å²) in [6.07, 6.45) is 2.93. The van der Waals surface area contributed by atoms with E-state index < -0.39 is 83.6 Å². The third-order valence-corrected chi connectivity index (χ3v) is 12.3. The lowest BCUT2D eigenvalue weighted by Gasteiger charge is -2.36. The number of benzene rings is 2. The molecule has 3 saturated heterocycles. The molecule has 2 aromatic rings. The fraction of sp³-hybridized carbons (Fsp3) is 0.578. The molecule has 7 amide bonds. The topological polar surface area (TPSA) is 169 Å². The molecule has 0 spiro atoms. The van der Waals surface area contributed by atoms with Gasteiger partial charge < -0.3 is 35.6 Å². The van der Waals surface area contributed by atoms with Gasteiger partial charge in [-0.05, 0) is 62.0 Å². The molecule has 59 heavy (non-hydrogen) atoms. The number of fused-ring (bicyclic) bond motifs is 2. The number of nitrogens with zero attached hydrogens (tertiary/aromatic N) is 4. The van der Waals surface area contributed by atoms with Crippen LogP contribution >= 0.6 is 0 Å². The van der Waals surface area contributed by atoms with Gasteiger partial charge in [0.15, 0.2) is 0 Å². The van der Waals surface area contributed by atoms with Gasteiger partial charge in [0.25, 0.3) is 0 Å². The van der Waals surface area contributed by atoms with Crippen LogP contribution in [-0.4, -0.2) is 130 Å². The van der Waals surface area contributed by atoms with Crippen molar-refractivity contribution in [2.75, 3.05) is 27.2 Å². The quantitative estimate of drug-likeness (QED) is 0.369. The molecule has 3 heterocycles. The van der Waals surface area contributed by atoms with Crippen molar-refractivity contribution in [1.29, 1.82) is 0 Å². The molecule has 0 aliphatic carbocycles. The summed E-state index contributed by atoms with van der Waals surface area (Å²) >= 11 is 0. The summed E-state index contributed by atoms with van der Waals surface area (Å²) in [5.41, 5.74) is 1.59. The molecule has 2 aromatic carbocycles. The lowest BCUT2D eigenvalue weighted by atomic mass is 9.94. The first-order valence-electron chi connectivity index (χ1n) is 21.3. The van der Waals surface area contributed by atoms with Crippen molar-refractivity contribution in [1.82, 2.24) is 35.6 Å². The Bertz CT molecular complexity index is 1820. The van der Waals surface area contributed by atoms with Crippen LogP contribution in [0, 0.1) is 11.8 Å². The van der Waals surface area contributed by atoms with Gasteiger partial charge in [-0.25, -0.2) is 0 Å². The van der Waals surface area contributed by atoms with Crippen LogP contribution < -0.4 is 16.0 Å². The highest BCUT2D eigenvalue weighted by Gasteiger charge is 2.44. The molecule has 320 valence electrons. The van der Waals surface area contributed by atoms with Crippen molar-refractivity contribution in [2.45, 2.75) is 128 Å². The normalized spacial score (nSPS) is 27.5. The molecule has 14 heteroatoms. The van der Waals surface area contributed by atoms with E-state index in [1.165, 1.54) is 19.6 Å². The maximum absolute atomic E-state index is 14.7. The molecule has 3 N–H and O–H groups in total. The van der Waals surface area contributed by atoms with Gasteiger partial charge in [-0.15, -0.1) is 0 Å². The zero-order chi connectivity index (χ0) is 43.0. The smallest absolute Gasteiger partial charge is 0.246 e. The minimum Gasteiger partial charge on any atom is -0.343 e. The Labute approximate surface area is 348 Å². The van der Waals surface area contributed by atoms with E-state index in [2.05, 4.69) is 16.0 Å². The van der Waals surface area contributed by atoms with Gasteiger partial charge in [0, 0.05) is 40.0 Å². The Hall–Kier alpha value is -5.27. The number of nitrogens with one attached hydrogen (secondary N) is 3. The van der Waals surface area contributed by atoms with Crippen LogP contribution in [0.1, 0.15) is 84.3 Å². The van der Waals surface area contributed by atoms with Crippen LogP contribution in [-0.2, 0) is 46.4 Å². The molecular weight excluding hydrogens is 751 g/mol. The van der Waals surface area contributed by atoms with E-state index in [9.17, 15) is 33.6 Å². The Morgan fingerprint density at radius 2 is 1.14 bits per heavy atom. The van der Waals surface area contributed by atoms with Gasteiger partial charge >= 0.3 is 0 Å². The van der Waals surface area contributed by atoms with Gasteiger partial charge in [0.1, 0.15) is 42.3 Å². The fourth-order valence-corrected chi connectivity index (χ4v) is 8.55. The molecule has 0 aromatic heterocycles. The van der Waals surface area contributed by atoms with Crippen LogP contribution in [0.5, 0.6) is 0 Å². The van der Waals surface area contributed by atoms with Crippen molar-refractivity contribution < 1.29 is 33.6 Å². The molecule has 8 atom stereocenters. The second-order valence-corrected chi connectivity index (χ2v) is 17.0. The number of carbonyl (C=O) groups excluding carboxylic acids is 7. The lowest BCUT2D eigenvalue weighted by molar-refractivity contribution is -0.149. The molecule has 14 nitrogen and oxygen atoms in total. The van der Waals surface area contributed by atoms with E-state index in [0.29, 0.717) is 38.6 Å². The minimum absolute atomic E-state index is 0.0307. The summed E-state index contributed by atoms with van der Waals surface area (Å²) in [7, 11) is 3.09. The van der Waals surface area contributed by atoms with Crippen LogP contribution in [0.2, 0.25) is 0 Å². The number of hydrogen-bond acceptors (Lipinski definition) is 7. The first kappa shape index (κ1) is 44.8. The molecule has 3 fully saturated rings. The highest BCUT2D eigenvalue weighted by Crippen LogP contribution is 2.25. The SMILES string of the molecule is CC[C@H](C)[C@@H]1NC(=O)[C@H](Cc2ccccc2)N(C)C(=O)[C@@H]2CCCN2C(=O)[C@H](C)NC(=O)[C@@H]2CCCN2C(=O)[C@H](Cc2ccccc2)NC(=O)[C@H](CC(C)C)N(C)C1=O. The van der Waals surface area contributed by atoms with Crippen LogP contribution in [0.4, 0.5) is 0 Å². The second-order valence-electron chi connectivity index (χ2n) is 17.0. The van der Waals surface area contributed by atoms with Crippen LogP contribution in [0.15, 0.2) is 60.7 Å². The maximum Gasteiger partial charge on any atom is 0.246 e. The van der Waals surface area contributed by atoms with E-state index in [-0.39, 0.29) is 37.6 Å². The Morgan fingerprint density at radius 3 is 1.71 bits per heavy atom. The van der Waals surface area contributed by atoms with Crippen LogP contribution in [0.25, 0.3) is 0 Å². The van der Waals surface area contributed by atoms with E-state index >= 15 is 0 Å². The van der Waals surface area contributed by atoms with Gasteiger partial charge in [-0.1, -0.05) is 94.8 Å². The van der Waals surface area contributed by atoms with Gasteiger partial charge in [0.2, 0.25) is 41.4 Å². The van der Waals surface area contributed by atoms with E-state index in [4.69, 9.17) is 0 Å². The van der Waals surface area contributed by atoms with Crippen molar-refractivity contribution in [3.8, 4) is 0 Å². The van der Waals surface area contributed by atoms with Crippen molar-refractivity contribution >= 4 is 41.4 Å². The van der Waals surface area contributed by atoms with Gasteiger partial charge in [-0.3, -0.25) is 33.6 Å². The molecule has 5 rings (SSSR count). The number of amides is 7. The summed E-state index contributed by atoms with van der Waals surface area (Å²) in [4.78, 5) is 106. The largest absolute Gasteiger partial charge is 0.343 e. The third kappa shape index (κ3) is 10.7. The summed E-state index contributed by atoms with van der Waals surface area (Å²) in [6, 6.07) is 11.6. The average molecular weight is 814 g/mol. The Balaban J connectivity index is 1.59. The Morgan fingerprint density at radius 1 is 0.610 bits per heavy atom. The van der Waals surface area contributed by atoms with Crippen molar-refractivity contribution in [2.24, 2.45) is 11.8 Å². The molecule has 3 aliphatic rings. The summed E-state index contributed by atoms with van der Waals surface area (Å²) in [6.45, 7) is 9.80. The molecular formula is C45H63N7O7. The molecule has 0 saturated carbocycles. The summed E-state index contributed by atoms with van der Waals surface area (Å²) < 4.78 is 0. The predicted octanol–water partition coefficient (Wildman–Crippen LogP) is 2.69. The van der Waals surface area contributed by atoms with E-state index in [0.717, 1.165) is 11.1 Å². The maximum atomic E-state index is 14.7. The minimum atomic E-state index is -1.07.